The largest absolute Gasteiger partial charge is 0.489 e. The van der Waals surface area contributed by atoms with E-state index in [1.165, 1.54) is 12.1 Å². The van der Waals surface area contributed by atoms with Gasteiger partial charge in [0.15, 0.2) is 5.78 Å². The first-order valence-corrected chi connectivity index (χ1v) is 6.38. The van der Waals surface area contributed by atoms with E-state index >= 15 is 0 Å². The second-order valence-electron chi connectivity index (χ2n) is 4.14. The van der Waals surface area contributed by atoms with Crippen LogP contribution in [0.4, 0.5) is 4.39 Å². The lowest BCUT2D eigenvalue weighted by Gasteiger charge is -2.09. The Labute approximate surface area is 121 Å². The van der Waals surface area contributed by atoms with E-state index in [2.05, 4.69) is 0 Å². The van der Waals surface area contributed by atoms with Crippen molar-refractivity contribution in [2.24, 2.45) is 5.73 Å². The van der Waals surface area contributed by atoms with Crippen molar-refractivity contribution in [2.75, 3.05) is 6.54 Å². The summed E-state index contributed by atoms with van der Waals surface area (Å²) in [6, 6.07) is 11.0. The summed E-state index contributed by atoms with van der Waals surface area (Å²) in [5, 5.41) is 0.319. The first kappa shape index (κ1) is 14.5. The molecule has 0 fully saturated rings. The molecule has 2 aromatic rings. The third-order valence-corrected chi connectivity index (χ3v) is 3.16. The molecule has 0 aliphatic heterocycles. The van der Waals surface area contributed by atoms with Crippen molar-refractivity contribution >= 4 is 17.4 Å². The smallest absolute Gasteiger partial charge is 0.176 e. The molecule has 0 saturated heterocycles. The van der Waals surface area contributed by atoms with Gasteiger partial charge in [-0.25, -0.2) is 4.39 Å². The van der Waals surface area contributed by atoms with Crippen LogP contribution in [0.15, 0.2) is 42.5 Å². The molecular weight excluding hydrogens is 281 g/mol. The quantitative estimate of drug-likeness (QED) is 0.861. The SMILES string of the molecule is NCC(=O)c1ccc(OCc2c(F)cccc2Cl)cc1. The fourth-order valence-electron chi connectivity index (χ4n) is 1.68. The first-order chi connectivity index (χ1) is 9.61. The molecule has 0 radical (unpaired) electrons. The van der Waals surface area contributed by atoms with Crippen LogP contribution in [0.5, 0.6) is 5.75 Å². The topological polar surface area (TPSA) is 52.3 Å². The highest BCUT2D eigenvalue weighted by Gasteiger charge is 2.08. The third kappa shape index (κ3) is 3.35. The van der Waals surface area contributed by atoms with Gasteiger partial charge in [0.2, 0.25) is 0 Å². The molecule has 20 heavy (non-hydrogen) atoms. The number of rotatable bonds is 5. The number of carbonyl (C=O) groups excluding carboxylic acids is 1. The summed E-state index contributed by atoms with van der Waals surface area (Å²) >= 11 is 5.90. The van der Waals surface area contributed by atoms with Crippen molar-refractivity contribution < 1.29 is 13.9 Å². The third-order valence-electron chi connectivity index (χ3n) is 2.81. The number of halogens is 2. The molecule has 0 unspecified atom stereocenters. The van der Waals surface area contributed by atoms with Crippen LogP contribution >= 0.6 is 11.6 Å². The summed E-state index contributed by atoms with van der Waals surface area (Å²) < 4.78 is 19.0. The summed E-state index contributed by atoms with van der Waals surface area (Å²) in [7, 11) is 0. The summed E-state index contributed by atoms with van der Waals surface area (Å²) in [6.45, 7) is -0.0132. The van der Waals surface area contributed by atoms with Gasteiger partial charge < -0.3 is 10.5 Å². The molecule has 2 aromatic carbocycles. The number of hydrogen-bond donors (Lipinski definition) is 1. The molecular formula is C15H13ClFNO2. The Morgan fingerprint density at radius 2 is 1.90 bits per heavy atom. The maximum Gasteiger partial charge on any atom is 0.176 e. The normalized spacial score (nSPS) is 10.3. The predicted octanol–water partition coefficient (Wildman–Crippen LogP) is 3.20. The number of carbonyl (C=O) groups is 1. The summed E-state index contributed by atoms with van der Waals surface area (Å²) in [5.74, 6) is -0.0287. The average molecular weight is 294 g/mol. The number of hydrogen-bond acceptors (Lipinski definition) is 3. The molecule has 0 heterocycles. The predicted molar refractivity (Wildman–Crippen MR) is 75.6 cm³/mol. The molecule has 2 rings (SSSR count). The summed E-state index contributed by atoms with van der Waals surface area (Å²) in [6.07, 6.45) is 0. The Morgan fingerprint density at radius 1 is 1.20 bits per heavy atom. The van der Waals surface area contributed by atoms with Crippen molar-refractivity contribution in [3.63, 3.8) is 0 Å². The molecule has 0 saturated carbocycles. The number of Topliss-reactive ketones (excluding diaryl/α,β-unsaturated/α-hetero) is 1. The van der Waals surface area contributed by atoms with Crippen LogP contribution < -0.4 is 10.5 Å². The monoisotopic (exact) mass is 293 g/mol. The van der Waals surface area contributed by atoms with Crippen LogP contribution in [0.2, 0.25) is 5.02 Å². The van der Waals surface area contributed by atoms with Gasteiger partial charge in [-0.05, 0) is 36.4 Å². The Morgan fingerprint density at radius 3 is 2.50 bits per heavy atom. The fraction of sp³-hybridized carbons (Fsp3) is 0.133. The van der Waals surface area contributed by atoms with Gasteiger partial charge in [-0.15, -0.1) is 0 Å². The molecule has 104 valence electrons. The second kappa shape index (κ2) is 6.50. The van der Waals surface area contributed by atoms with Crippen molar-refractivity contribution in [1.29, 1.82) is 0 Å². The zero-order valence-electron chi connectivity index (χ0n) is 10.6. The van der Waals surface area contributed by atoms with Gasteiger partial charge in [0.25, 0.3) is 0 Å². The Kier molecular flexibility index (Phi) is 4.71. The van der Waals surface area contributed by atoms with Crippen LogP contribution in [0.1, 0.15) is 15.9 Å². The van der Waals surface area contributed by atoms with Gasteiger partial charge >= 0.3 is 0 Å². The van der Waals surface area contributed by atoms with E-state index in [0.717, 1.165) is 0 Å². The molecule has 0 bridgehead atoms. The van der Waals surface area contributed by atoms with E-state index in [-0.39, 0.29) is 18.9 Å². The molecule has 0 aliphatic rings. The lowest BCUT2D eigenvalue weighted by Crippen LogP contribution is -2.13. The highest BCUT2D eigenvalue weighted by Crippen LogP contribution is 2.21. The molecule has 0 atom stereocenters. The van der Waals surface area contributed by atoms with Crippen molar-refractivity contribution in [3.8, 4) is 5.75 Å². The van der Waals surface area contributed by atoms with Gasteiger partial charge in [-0.2, -0.15) is 0 Å². The van der Waals surface area contributed by atoms with E-state index in [0.29, 0.717) is 21.9 Å². The van der Waals surface area contributed by atoms with E-state index in [9.17, 15) is 9.18 Å². The number of benzene rings is 2. The van der Waals surface area contributed by atoms with Gasteiger partial charge in [-0.3, -0.25) is 4.79 Å². The zero-order chi connectivity index (χ0) is 14.5. The van der Waals surface area contributed by atoms with Gasteiger partial charge in [0.1, 0.15) is 18.2 Å². The molecule has 2 N–H and O–H groups in total. The average Bonchev–Trinajstić information content (AvgIpc) is 2.46. The van der Waals surface area contributed by atoms with Crippen LogP contribution in [0.3, 0.4) is 0 Å². The minimum Gasteiger partial charge on any atom is -0.489 e. The molecule has 3 nitrogen and oxygen atoms in total. The Hall–Kier alpha value is -1.91. The maximum atomic E-state index is 13.5. The Bertz CT molecular complexity index is 594. The molecule has 0 amide bonds. The lowest BCUT2D eigenvalue weighted by molar-refractivity contribution is 0.100. The number of ether oxygens (including phenoxy) is 1. The molecule has 0 spiro atoms. The second-order valence-corrected chi connectivity index (χ2v) is 4.55. The van der Waals surface area contributed by atoms with Crippen LogP contribution in [0, 0.1) is 5.82 Å². The Balaban J connectivity index is 2.06. The standard InChI is InChI=1S/C15H13ClFNO2/c16-13-2-1-3-14(17)12(13)9-20-11-6-4-10(5-7-11)15(19)8-18/h1-7H,8-9,18H2. The minimum atomic E-state index is -0.410. The van der Waals surface area contributed by atoms with E-state index < -0.39 is 5.82 Å². The van der Waals surface area contributed by atoms with Gasteiger partial charge in [-0.1, -0.05) is 17.7 Å². The van der Waals surface area contributed by atoms with Crippen LogP contribution in [0.25, 0.3) is 0 Å². The number of ketones is 1. The van der Waals surface area contributed by atoms with E-state index in [1.54, 1.807) is 30.3 Å². The van der Waals surface area contributed by atoms with Crippen molar-refractivity contribution in [1.82, 2.24) is 0 Å². The summed E-state index contributed by atoms with van der Waals surface area (Å²) in [5.41, 5.74) is 6.09. The van der Waals surface area contributed by atoms with Crippen LogP contribution in [-0.2, 0) is 6.61 Å². The summed E-state index contributed by atoms with van der Waals surface area (Å²) in [4.78, 5) is 11.4. The lowest BCUT2D eigenvalue weighted by atomic mass is 10.1. The van der Waals surface area contributed by atoms with Crippen molar-refractivity contribution in [3.05, 3.63) is 64.4 Å². The fourth-order valence-corrected chi connectivity index (χ4v) is 1.90. The maximum absolute atomic E-state index is 13.5. The van der Waals surface area contributed by atoms with E-state index in [1.807, 2.05) is 0 Å². The highest BCUT2D eigenvalue weighted by atomic mass is 35.5. The van der Waals surface area contributed by atoms with Crippen LogP contribution in [-0.4, -0.2) is 12.3 Å². The minimum absolute atomic E-state index is 0.0235. The van der Waals surface area contributed by atoms with Gasteiger partial charge in [0.05, 0.1) is 11.6 Å². The van der Waals surface area contributed by atoms with Gasteiger partial charge in [0, 0.05) is 11.1 Å². The first-order valence-electron chi connectivity index (χ1n) is 6.01. The molecule has 0 aromatic heterocycles. The highest BCUT2D eigenvalue weighted by molar-refractivity contribution is 6.31. The molecule has 0 aliphatic carbocycles. The zero-order valence-corrected chi connectivity index (χ0v) is 11.4. The number of nitrogens with two attached hydrogens (primary N) is 1. The van der Waals surface area contributed by atoms with E-state index in [4.69, 9.17) is 22.1 Å². The molecule has 5 heteroatoms. The van der Waals surface area contributed by atoms with Crippen molar-refractivity contribution in [2.45, 2.75) is 6.61 Å².